The molecule has 4 rings (SSSR count). The Bertz CT molecular complexity index is 846. The Morgan fingerprint density at radius 1 is 1.08 bits per heavy atom. The van der Waals surface area contributed by atoms with Crippen molar-refractivity contribution in [1.82, 2.24) is 24.8 Å². The molecule has 2 aromatic heterocycles. The van der Waals surface area contributed by atoms with E-state index in [2.05, 4.69) is 29.7 Å². The summed E-state index contributed by atoms with van der Waals surface area (Å²) in [5.41, 5.74) is 1.61. The average molecular weight is 359 g/mol. The number of imidazole rings is 1. The number of halogens is 1. The summed E-state index contributed by atoms with van der Waals surface area (Å²) in [5, 5.41) is 0.652. The van der Waals surface area contributed by atoms with Crippen LogP contribution in [0.15, 0.2) is 36.9 Å². The molecular weight excluding hydrogens is 340 g/mol. The molecule has 1 N–H and O–H groups in total. The molecule has 3 heterocycles. The van der Waals surface area contributed by atoms with Crippen LogP contribution < -0.4 is 9.64 Å². The van der Waals surface area contributed by atoms with Crippen molar-refractivity contribution in [3.05, 3.63) is 41.9 Å². The first-order valence-electron chi connectivity index (χ1n) is 8.30. The minimum atomic E-state index is 0.627. The van der Waals surface area contributed by atoms with E-state index in [0.29, 0.717) is 17.3 Å². The molecule has 0 radical (unpaired) electrons. The number of H-pyrrole nitrogens is 1. The number of piperazine rings is 1. The predicted molar refractivity (Wildman–Crippen MR) is 97.3 cm³/mol. The molecule has 0 aliphatic carbocycles. The Hall–Kier alpha value is -2.38. The average Bonchev–Trinajstić information content (AvgIpc) is 3.13. The topological polar surface area (TPSA) is 70.2 Å². The molecule has 0 unspecified atom stereocenters. The van der Waals surface area contributed by atoms with E-state index in [1.807, 2.05) is 24.3 Å². The number of hydrogen-bond donors (Lipinski definition) is 1. The summed E-state index contributed by atoms with van der Waals surface area (Å²) in [6, 6.07) is 7.56. The highest BCUT2D eigenvalue weighted by Crippen LogP contribution is 2.23. The highest BCUT2D eigenvalue weighted by molar-refractivity contribution is 6.32. The van der Waals surface area contributed by atoms with Gasteiger partial charge in [-0.2, -0.15) is 0 Å². The molecule has 1 saturated heterocycles. The molecule has 0 amide bonds. The van der Waals surface area contributed by atoms with Gasteiger partial charge in [0.25, 0.3) is 0 Å². The van der Waals surface area contributed by atoms with Crippen molar-refractivity contribution in [3.8, 4) is 5.75 Å². The lowest BCUT2D eigenvalue weighted by molar-refractivity contribution is 0.200. The van der Waals surface area contributed by atoms with Crippen molar-refractivity contribution in [3.63, 3.8) is 0 Å². The molecule has 1 fully saturated rings. The minimum absolute atomic E-state index is 0.627. The van der Waals surface area contributed by atoms with Gasteiger partial charge in [0.2, 0.25) is 0 Å². The lowest BCUT2D eigenvalue weighted by Gasteiger charge is -2.35. The molecule has 25 heavy (non-hydrogen) atoms. The van der Waals surface area contributed by atoms with E-state index in [0.717, 1.165) is 49.8 Å². The fourth-order valence-electron chi connectivity index (χ4n) is 3.02. The van der Waals surface area contributed by atoms with Crippen molar-refractivity contribution < 1.29 is 4.74 Å². The number of fused-ring (bicyclic) bond motifs is 1. The van der Waals surface area contributed by atoms with Crippen molar-refractivity contribution >= 4 is 28.6 Å². The van der Waals surface area contributed by atoms with E-state index in [1.54, 1.807) is 12.7 Å². The molecule has 0 saturated carbocycles. The van der Waals surface area contributed by atoms with Crippen LogP contribution in [0, 0.1) is 0 Å². The highest BCUT2D eigenvalue weighted by Gasteiger charge is 2.20. The summed E-state index contributed by atoms with van der Waals surface area (Å²) < 4.78 is 5.78. The van der Waals surface area contributed by atoms with E-state index in [9.17, 15) is 0 Å². The molecule has 0 spiro atoms. The van der Waals surface area contributed by atoms with Gasteiger partial charge < -0.3 is 14.6 Å². The minimum Gasteiger partial charge on any atom is -0.491 e. The molecule has 3 aromatic rings. The summed E-state index contributed by atoms with van der Waals surface area (Å²) in [5.74, 6) is 1.67. The second kappa shape index (κ2) is 7.25. The Kier molecular flexibility index (Phi) is 4.67. The van der Waals surface area contributed by atoms with Gasteiger partial charge in [0.05, 0.1) is 11.3 Å². The second-order valence-electron chi connectivity index (χ2n) is 5.91. The first-order valence-corrected chi connectivity index (χ1v) is 8.68. The van der Waals surface area contributed by atoms with Crippen LogP contribution in [0.1, 0.15) is 0 Å². The smallest absolute Gasteiger partial charge is 0.182 e. The Morgan fingerprint density at radius 2 is 1.92 bits per heavy atom. The molecular formula is C17H19ClN6O. The summed E-state index contributed by atoms with van der Waals surface area (Å²) in [6.45, 7) is 5.26. The van der Waals surface area contributed by atoms with E-state index in [1.165, 1.54) is 0 Å². The number of benzene rings is 1. The first-order chi connectivity index (χ1) is 12.3. The number of aromatic amines is 1. The van der Waals surface area contributed by atoms with Crippen molar-refractivity contribution in [1.29, 1.82) is 0 Å². The van der Waals surface area contributed by atoms with E-state index in [4.69, 9.17) is 16.3 Å². The molecule has 0 bridgehead atoms. The third-order valence-electron chi connectivity index (χ3n) is 4.38. The summed E-state index contributed by atoms with van der Waals surface area (Å²) in [4.78, 5) is 20.6. The van der Waals surface area contributed by atoms with Crippen LogP contribution in [-0.4, -0.2) is 64.2 Å². The van der Waals surface area contributed by atoms with Gasteiger partial charge in [-0.1, -0.05) is 23.7 Å². The number of rotatable bonds is 5. The number of aromatic nitrogens is 4. The third-order valence-corrected chi connectivity index (χ3v) is 4.69. The van der Waals surface area contributed by atoms with Crippen LogP contribution in [0.4, 0.5) is 5.82 Å². The second-order valence-corrected chi connectivity index (χ2v) is 6.31. The van der Waals surface area contributed by atoms with E-state index in [-0.39, 0.29) is 0 Å². The van der Waals surface area contributed by atoms with Gasteiger partial charge in [0, 0.05) is 32.7 Å². The largest absolute Gasteiger partial charge is 0.491 e. The maximum atomic E-state index is 6.11. The number of anilines is 1. The van der Waals surface area contributed by atoms with Crippen molar-refractivity contribution in [2.24, 2.45) is 0 Å². The number of para-hydroxylation sites is 1. The normalized spacial score (nSPS) is 15.6. The zero-order chi connectivity index (χ0) is 17.1. The van der Waals surface area contributed by atoms with Crippen LogP contribution in [-0.2, 0) is 0 Å². The van der Waals surface area contributed by atoms with Crippen LogP contribution in [0.2, 0.25) is 5.02 Å². The summed E-state index contributed by atoms with van der Waals surface area (Å²) in [6.07, 6.45) is 3.23. The van der Waals surface area contributed by atoms with Gasteiger partial charge in [0.15, 0.2) is 11.5 Å². The molecule has 1 aliphatic heterocycles. The van der Waals surface area contributed by atoms with Crippen LogP contribution in [0.5, 0.6) is 5.75 Å². The Labute approximate surface area is 150 Å². The summed E-state index contributed by atoms with van der Waals surface area (Å²) in [7, 11) is 0. The standard InChI is InChI=1S/C17H19ClN6O/c18-13-3-1-2-4-14(13)25-10-9-23-5-7-24(8-6-23)17-15-16(20-11-19-15)21-12-22-17/h1-4,11-12H,5-10H2,(H,19,20,21,22). The monoisotopic (exact) mass is 358 g/mol. The Balaban J connectivity index is 1.30. The lowest BCUT2D eigenvalue weighted by Crippen LogP contribution is -2.47. The van der Waals surface area contributed by atoms with Crippen molar-refractivity contribution in [2.75, 3.05) is 44.2 Å². The number of nitrogens with zero attached hydrogens (tertiary/aromatic N) is 5. The SMILES string of the molecule is Clc1ccccc1OCCN1CCN(c2ncnc3nc[nH]c23)CC1. The molecule has 0 atom stereocenters. The third kappa shape index (κ3) is 3.52. The van der Waals surface area contributed by atoms with Gasteiger partial charge in [-0.05, 0) is 12.1 Å². The fourth-order valence-corrected chi connectivity index (χ4v) is 3.21. The highest BCUT2D eigenvalue weighted by atomic mass is 35.5. The molecule has 130 valence electrons. The van der Waals surface area contributed by atoms with Gasteiger partial charge in [-0.3, -0.25) is 4.90 Å². The lowest BCUT2D eigenvalue weighted by atomic mass is 10.3. The first kappa shape index (κ1) is 16.1. The molecule has 7 nitrogen and oxygen atoms in total. The summed E-state index contributed by atoms with van der Waals surface area (Å²) >= 11 is 6.11. The maximum absolute atomic E-state index is 6.11. The molecule has 1 aliphatic rings. The zero-order valence-electron chi connectivity index (χ0n) is 13.7. The van der Waals surface area contributed by atoms with Crippen LogP contribution >= 0.6 is 11.6 Å². The van der Waals surface area contributed by atoms with E-state index < -0.39 is 0 Å². The van der Waals surface area contributed by atoms with Crippen LogP contribution in [0.3, 0.4) is 0 Å². The van der Waals surface area contributed by atoms with Gasteiger partial charge in [-0.25, -0.2) is 15.0 Å². The fraction of sp³-hybridized carbons (Fsp3) is 0.353. The van der Waals surface area contributed by atoms with E-state index >= 15 is 0 Å². The number of ether oxygens (including phenoxy) is 1. The number of nitrogens with one attached hydrogen (secondary N) is 1. The predicted octanol–water partition coefficient (Wildman–Crippen LogP) is 2.21. The maximum Gasteiger partial charge on any atom is 0.182 e. The van der Waals surface area contributed by atoms with Gasteiger partial charge in [0.1, 0.15) is 24.2 Å². The number of hydrogen-bond acceptors (Lipinski definition) is 6. The molecule has 8 heteroatoms. The van der Waals surface area contributed by atoms with Crippen LogP contribution in [0.25, 0.3) is 11.2 Å². The van der Waals surface area contributed by atoms with Crippen molar-refractivity contribution in [2.45, 2.75) is 0 Å². The zero-order valence-corrected chi connectivity index (χ0v) is 14.5. The quantitative estimate of drug-likeness (QED) is 0.754. The molecule has 1 aromatic carbocycles. The van der Waals surface area contributed by atoms with Gasteiger partial charge in [-0.15, -0.1) is 0 Å². The van der Waals surface area contributed by atoms with Gasteiger partial charge >= 0.3 is 0 Å². The Morgan fingerprint density at radius 3 is 2.76 bits per heavy atom.